The molecule has 0 radical (unpaired) electrons. The summed E-state index contributed by atoms with van der Waals surface area (Å²) in [6, 6.07) is 3.98. The van der Waals surface area contributed by atoms with Crippen molar-refractivity contribution in [2.45, 2.75) is 33.2 Å². The largest absolute Gasteiger partial charge is 0.395 e. The Morgan fingerprint density at radius 2 is 2.04 bits per heavy atom. The van der Waals surface area contributed by atoms with Gasteiger partial charge in [-0.2, -0.15) is 5.10 Å². The molecule has 2 heterocycles. The van der Waals surface area contributed by atoms with E-state index in [9.17, 15) is 0 Å². The number of pyridine rings is 1. The number of nitrogens with one attached hydrogen (secondary N) is 1. The van der Waals surface area contributed by atoms with E-state index < -0.39 is 0 Å². The lowest BCUT2D eigenvalue weighted by Gasteiger charge is -2.17. The second-order valence-corrected chi connectivity index (χ2v) is 5.60. The lowest BCUT2D eigenvalue weighted by molar-refractivity contribution is 0.304. The van der Waals surface area contributed by atoms with E-state index in [4.69, 9.17) is 5.11 Å². The zero-order chi connectivity index (χ0) is 16.8. The predicted molar refractivity (Wildman–Crippen MR) is 93.9 cm³/mol. The van der Waals surface area contributed by atoms with Crippen LogP contribution in [0.25, 0.3) is 0 Å². The van der Waals surface area contributed by atoms with E-state index in [1.807, 2.05) is 42.0 Å². The van der Waals surface area contributed by atoms with Crippen LogP contribution in [0.3, 0.4) is 0 Å². The molecular weight excluding hydrogens is 290 g/mol. The minimum Gasteiger partial charge on any atom is -0.395 e. The summed E-state index contributed by atoms with van der Waals surface area (Å²) in [5, 5.41) is 17.0. The van der Waals surface area contributed by atoms with Gasteiger partial charge in [0.1, 0.15) is 5.82 Å². The van der Waals surface area contributed by atoms with Crippen molar-refractivity contribution in [3.05, 3.63) is 35.3 Å². The van der Waals surface area contributed by atoms with Crippen molar-refractivity contribution < 1.29 is 5.11 Å². The molecule has 0 unspecified atom stereocenters. The van der Waals surface area contributed by atoms with Gasteiger partial charge in [-0.1, -0.05) is 13.8 Å². The average molecular weight is 317 g/mol. The van der Waals surface area contributed by atoms with Crippen molar-refractivity contribution in [3.63, 3.8) is 0 Å². The third-order valence-corrected chi connectivity index (χ3v) is 4.10. The van der Waals surface area contributed by atoms with Gasteiger partial charge in [0.05, 0.1) is 24.2 Å². The first kappa shape index (κ1) is 17.3. The highest BCUT2D eigenvalue weighted by molar-refractivity contribution is 5.49. The fourth-order valence-electron chi connectivity index (χ4n) is 2.77. The summed E-state index contributed by atoms with van der Waals surface area (Å²) in [4.78, 5) is 6.43. The summed E-state index contributed by atoms with van der Waals surface area (Å²) in [5.41, 5.74) is 4.69. The van der Waals surface area contributed by atoms with Gasteiger partial charge in [0.2, 0.25) is 0 Å². The van der Waals surface area contributed by atoms with Gasteiger partial charge in [-0.25, -0.2) is 4.98 Å². The Kier molecular flexibility index (Phi) is 5.98. The van der Waals surface area contributed by atoms with Gasteiger partial charge < -0.3 is 15.3 Å². The Hall–Kier alpha value is -2.08. The topological polar surface area (TPSA) is 66.2 Å². The van der Waals surface area contributed by atoms with Crippen LogP contribution in [0.2, 0.25) is 0 Å². The Morgan fingerprint density at radius 1 is 1.26 bits per heavy atom. The minimum absolute atomic E-state index is 0.136. The Morgan fingerprint density at radius 3 is 2.61 bits per heavy atom. The highest BCUT2D eigenvalue weighted by Crippen LogP contribution is 2.18. The molecule has 0 spiro atoms. The molecule has 0 saturated heterocycles. The molecule has 2 aromatic heterocycles. The number of aliphatic hydroxyl groups excluding tert-OH is 1. The van der Waals surface area contributed by atoms with Crippen molar-refractivity contribution in [2.75, 3.05) is 30.4 Å². The van der Waals surface area contributed by atoms with E-state index in [1.165, 1.54) is 11.3 Å². The third kappa shape index (κ3) is 4.01. The number of nitrogens with zero attached hydrogens (tertiary/aromatic N) is 4. The van der Waals surface area contributed by atoms with Gasteiger partial charge >= 0.3 is 0 Å². The summed E-state index contributed by atoms with van der Waals surface area (Å²) in [7, 11) is 3.95. The third-order valence-electron chi connectivity index (χ3n) is 4.10. The molecule has 0 saturated carbocycles. The molecule has 2 rings (SSSR count). The van der Waals surface area contributed by atoms with E-state index in [0.717, 1.165) is 36.6 Å². The quantitative estimate of drug-likeness (QED) is 0.779. The van der Waals surface area contributed by atoms with Gasteiger partial charge in [0.15, 0.2) is 0 Å². The summed E-state index contributed by atoms with van der Waals surface area (Å²) >= 11 is 0. The summed E-state index contributed by atoms with van der Waals surface area (Å²) in [6.45, 7) is 5.76. The SMILES string of the molecule is CCc1nn(C)c(CC)c1CNc1ccc(N(C)CCO)cn1. The van der Waals surface area contributed by atoms with Gasteiger partial charge in [-0.05, 0) is 25.0 Å². The molecule has 0 aliphatic heterocycles. The minimum atomic E-state index is 0.136. The van der Waals surface area contributed by atoms with Crippen LogP contribution in [0, 0.1) is 0 Å². The lowest BCUT2D eigenvalue weighted by Crippen LogP contribution is -2.21. The van der Waals surface area contributed by atoms with Gasteiger partial charge in [0.25, 0.3) is 0 Å². The van der Waals surface area contributed by atoms with Crippen molar-refractivity contribution in [2.24, 2.45) is 7.05 Å². The van der Waals surface area contributed by atoms with Gasteiger partial charge in [0, 0.05) is 38.4 Å². The number of hydrogen-bond donors (Lipinski definition) is 2. The van der Waals surface area contributed by atoms with E-state index in [2.05, 4.69) is 29.2 Å². The number of hydrogen-bond acceptors (Lipinski definition) is 5. The summed E-state index contributed by atoms with van der Waals surface area (Å²) in [6.07, 6.45) is 3.73. The maximum atomic E-state index is 8.98. The smallest absolute Gasteiger partial charge is 0.126 e. The Balaban J connectivity index is 2.06. The molecule has 0 fully saturated rings. The van der Waals surface area contributed by atoms with Gasteiger partial charge in [-0.15, -0.1) is 0 Å². The van der Waals surface area contributed by atoms with Gasteiger partial charge in [-0.3, -0.25) is 4.68 Å². The fourth-order valence-corrected chi connectivity index (χ4v) is 2.77. The van der Waals surface area contributed by atoms with E-state index >= 15 is 0 Å². The van der Waals surface area contributed by atoms with Crippen LogP contribution in [0.1, 0.15) is 30.8 Å². The van der Waals surface area contributed by atoms with Crippen molar-refractivity contribution in [1.82, 2.24) is 14.8 Å². The Bertz CT molecular complexity index is 621. The predicted octanol–water partition coefficient (Wildman–Crippen LogP) is 1.98. The normalized spacial score (nSPS) is 10.8. The van der Waals surface area contributed by atoms with Crippen LogP contribution in [0.4, 0.5) is 11.5 Å². The molecule has 0 atom stereocenters. The van der Waals surface area contributed by atoms with Crippen LogP contribution in [0.5, 0.6) is 0 Å². The molecule has 6 nitrogen and oxygen atoms in total. The van der Waals surface area contributed by atoms with E-state index in [-0.39, 0.29) is 6.61 Å². The van der Waals surface area contributed by atoms with Crippen LogP contribution in [-0.2, 0) is 26.4 Å². The van der Waals surface area contributed by atoms with Crippen LogP contribution >= 0.6 is 0 Å². The first-order chi connectivity index (χ1) is 11.1. The summed E-state index contributed by atoms with van der Waals surface area (Å²) in [5.74, 6) is 0.846. The number of aromatic nitrogens is 3. The van der Waals surface area contributed by atoms with E-state index in [0.29, 0.717) is 6.54 Å². The number of aliphatic hydroxyl groups is 1. The maximum Gasteiger partial charge on any atom is 0.126 e. The molecule has 0 amide bonds. The zero-order valence-corrected chi connectivity index (χ0v) is 14.5. The van der Waals surface area contributed by atoms with Crippen molar-refractivity contribution >= 4 is 11.5 Å². The molecular formula is C17H27N5O. The zero-order valence-electron chi connectivity index (χ0n) is 14.5. The number of likely N-dealkylation sites (N-methyl/N-ethyl adjacent to an activating group) is 1. The molecule has 2 N–H and O–H groups in total. The van der Waals surface area contributed by atoms with Crippen LogP contribution in [0.15, 0.2) is 18.3 Å². The van der Waals surface area contributed by atoms with Crippen LogP contribution in [-0.4, -0.2) is 40.1 Å². The molecule has 0 aromatic carbocycles. The van der Waals surface area contributed by atoms with Crippen molar-refractivity contribution in [3.8, 4) is 0 Å². The molecule has 6 heteroatoms. The molecule has 126 valence electrons. The average Bonchev–Trinajstić information content (AvgIpc) is 2.88. The Labute approximate surface area is 138 Å². The molecule has 0 aliphatic carbocycles. The maximum absolute atomic E-state index is 8.98. The molecule has 23 heavy (non-hydrogen) atoms. The first-order valence-corrected chi connectivity index (χ1v) is 8.16. The number of rotatable bonds is 8. The monoisotopic (exact) mass is 317 g/mol. The molecule has 0 aliphatic rings. The number of anilines is 2. The second-order valence-electron chi connectivity index (χ2n) is 5.60. The number of aryl methyl sites for hydroxylation is 2. The molecule has 0 bridgehead atoms. The standard InChI is InChI=1S/C17H27N5O/c1-5-15-14(16(6-2)22(4)20-15)12-19-17-8-7-13(11-18-17)21(3)9-10-23/h7-8,11,23H,5-6,9-10,12H2,1-4H3,(H,18,19). The highest BCUT2D eigenvalue weighted by Gasteiger charge is 2.13. The molecule has 2 aromatic rings. The lowest BCUT2D eigenvalue weighted by atomic mass is 10.1. The fraction of sp³-hybridized carbons (Fsp3) is 0.529. The van der Waals surface area contributed by atoms with Crippen LogP contribution < -0.4 is 10.2 Å². The summed E-state index contributed by atoms with van der Waals surface area (Å²) < 4.78 is 1.98. The van der Waals surface area contributed by atoms with Crippen molar-refractivity contribution in [1.29, 1.82) is 0 Å². The highest BCUT2D eigenvalue weighted by atomic mass is 16.3. The second kappa shape index (κ2) is 7.97. The first-order valence-electron chi connectivity index (χ1n) is 8.16. The van der Waals surface area contributed by atoms with E-state index in [1.54, 1.807) is 0 Å².